The molecular weight excluding hydrogens is 477 g/mol. The Hall–Kier alpha value is -1.51. The third kappa shape index (κ3) is 5.77. The van der Waals surface area contributed by atoms with Crippen LogP contribution in [0.25, 0.3) is 0 Å². The molecule has 1 aliphatic heterocycles. The molecule has 1 N–H and O–H groups in total. The minimum atomic E-state index is -0.309. The predicted octanol–water partition coefficient (Wildman–Crippen LogP) is 3.04. The first kappa shape index (κ1) is 23.8. The van der Waals surface area contributed by atoms with Gasteiger partial charge in [-0.2, -0.15) is 0 Å². The molecule has 0 bridgehead atoms. The van der Waals surface area contributed by atoms with Crippen LogP contribution in [-0.4, -0.2) is 75.0 Å². The summed E-state index contributed by atoms with van der Waals surface area (Å²) in [7, 11) is 3.72. The lowest BCUT2D eigenvalue weighted by Crippen LogP contribution is -2.53. The van der Waals surface area contributed by atoms with Crippen LogP contribution in [0.1, 0.15) is 32.6 Å². The molecular formula is C22H36IN5O. The summed E-state index contributed by atoms with van der Waals surface area (Å²) >= 11 is 0. The van der Waals surface area contributed by atoms with Gasteiger partial charge in [-0.05, 0) is 31.9 Å². The molecule has 6 nitrogen and oxygen atoms in total. The third-order valence-electron chi connectivity index (χ3n) is 5.99. The average molecular weight is 513 g/mol. The fourth-order valence-corrected chi connectivity index (χ4v) is 4.43. The van der Waals surface area contributed by atoms with Crippen LogP contribution in [0, 0.1) is 5.41 Å². The number of amides is 1. The highest BCUT2D eigenvalue weighted by molar-refractivity contribution is 14.0. The van der Waals surface area contributed by atoms with Crippen LogP contribution in [0.15, 0.2) is 35.3 Å². The topological polar surface area (TPSA) is 51.2 Å². The normalized spacial score (nSPS) is 18.9. The maximum absolute atomic E-state index is 12.8. The number of guanidine groups is 1. The van der Waals surface area contributed by atoms with Crippen LogP contribution >= 0.6 is 24.0 Å². The Bertz CT molecular complexity index is 665. The highest BCUT2D eigenvalue weighted by atomic mass is 127. The Morgan fingerprint density at radius 1 is 1.10 bits per heavy atom. The van der Waals surface area contributed by atoms with E-state index < -0.39 is 0 Å². The predicted molar refractivity (Wildman–Crippen MR) is 131 cm³/mol. The van der Waals surface area contributed by atoms with Crippen molar-refractivity contribution in [2.24, 2.45) is 10.4 Å². The van der Waals surface area contributed by atoms with E-state index >= 15 is 0 Å². The van der Waals surface area contributed by atoms with Crippen molar-refractivity contribution in [2.75, 3.05) is 58.3 Å². The molecule has 1 amide bonds. The van der Waals surface area contributed by atoms with Gasteiger partial charge in [0.2, 0.25) is 5.91 Å². The lowest BCUT2D eigenvalue weighted by Gasteiger charge is -2.38. The summed E-state index contributed by atoms with van der Waals surface area (Å²) in [6.45, 7) is 7.38. The zero-order valence-electron chi connectivity index (χ0n) is 18.1. The number of nitrogens with zero attached hydrogens (tertiary/aromatic N) is 4. The molecule has 0 atom stereocenters. The van der Waals surface area contributed by atoms with Crippen LogP contribution in [0.2, 0.25) is 0 Å². The minimum Gasteiger partial charge on any atom is -0.368 e. The zero-order valence-corrected chi connectivity index (χ0v) is 20.4. The SMILES string of the molecule is CCNC(=NCC1(C(=O)N(C)C)CCCC1)N1CCN(c2ccccc2)CC1.I. The fourth-order valence-electron chi connectivity index (χ4n) is 4.43. The van der Waals surface area contributed by atoms with Crippen LogP contribution in [-0.2, 0) is 4.79 Å². The van der Waals surface area contributed by atoms with E-state index in [2.05, 4.69) is 52.4 Å². The Balaban J connectivity index is 0.00000300. The number of rotatable bonds is 5. The van der Waals surface area contributed by atoms with Gasteiger partial charge in [-0.25, -0.2) is 0 Å². The van der Waals surface area contributed by atoms with E-state index in [9.17, 15) is 4.79 Å². The second-order valence-electron chi connectivity index (χ2n) is 8.17. The lowest BCUT2D eigenvalue weighted by atomic mass is 9.85. The molecule has 1 heterocycles. The number of aliphatic imine (C=N–C) groups is 1. The quantitative estimate of drug-likeness (QED) is 0.374. The van der Waals surface area contributed by atoms with Crippen molar-refractivity contribution in [3.05, 3.63) is 30.3 Å². The molecule has 1 saturated heterocycles. The summed E-state index contributed by atoms with van der Waals surface area (Å²) in [5, 5.41) is 3.45. The molecule has 0 radical (unpaired) electrons. The number of hydrogen-bond acceptors (Lipinski definition) is 3. The maximum Gasteiger partial charge on any atom is 0.230 e. The van der Waals surface area contributed by atoms with Crippen molar-refractivity contribution in [1.82, 2.24) is 15.1 Å². The Labute approximate surface area is 192 Å². The molecule has 1 aromatic carbocycles. The van der Waals surface area contributed by atoms with Gasteiger partial charge in [0.15, 0.2) is 5.96 Å². The van der Waals surface area contributed by atoms with Gasteiger partial charge >= 0.3 is 0 Å². The second-order valence-corrected chi connectivity index (χ2v) is 8.17. The van der Waals surface area contributed by atoms with Gasteiger partial charge in [-0.3, -0.25) is 9.79 Å². The van der Waals surface area contributed by atoms with E-state index in [4.69, 9.17) is 4.99 Å². The largest absolute Gasteiger partial charge is 0.368 e. The van der Waals surface area contributed by atoms with Crippen LogP contribution in [0.5, 0.6) is 0 Å². The molecule has 3 rings (SSSR count). The Morgan fingerprint density at radius 2 is 1.72 bits per heavy atom. The molecule has 2 fully saturated rings. The van der Waals surface area contributed by atoms with E-state index in [0.717, 1.165) is 64.4 Å². The van der Waals surface area contributed by atoms with Gasteiger partial charge in [0.25, 0.3) is 0 Å². The van der Waals surface area contributed by atoms with Gasteiger partial charge in [0, 0.05) is 52.5 Å². The van der Waals surface area contributed by atoms with Crippen LogP contribution in [0.3, 0.4) is 0 Å². The molecule has 1 aromatic rings. The first-order valence-corrected chi connectivity index (χ1v) is 10.6. The molecule has 7 heteroatoms. The Kier molecular flexibility index (Phi) is 9.04. The highest BCUT2D eigenvalue weighted by Crippen LogP contribution is 2.39. The van der Waals surface area contributed by atoms with Crippen molar-refractivity contribution in [3.63, 3.8) is 0 Å². The molecule has 1 saturated carbocycles. The molecule has 0 unspecified atom stereocenters. The number of halogens is 1. The van der Waals surface area contributed by atoms with Crippen LogP contribution in [0.4, 0.5) is 5.69 Å². The molecule has 0 spiro atoms. The maximum atomic E-state index is 12.8. The average Bonchev–Trinajstić information content (AvgIpc) is 3.21. The summed E-state index contributed by atoms with van der Waals surface area (Å²) in [6, 6.07) is 10.6. The van der Waals surface area contributed by atoms with Gasteiger partial charge < -0.3 is 20.0 Å². The van der Waals surface area contributed by atoms with Gasteiger partial charge in [-0.15, -0.1) is 24.0 Å². The Morgan fingerprint density at radius 3 is 2.28 bits per heavy atom. The number of benzene rings is 1. The molecule has 0 aromatic heterocycles. The number of piperazine rings is 1. The molecule has 29 heavy (non-hydrogen) atoms. The number of nitrogens with one attached hydrogen (secondary N) is 1. The summed E-state index contributed by atoms with van der Waals surface area (Å²) < 4.78 is 0. The van der Waals surface area contributed by atoms with Crippen LogP contribution < -0.4 is 10.2 Å². The summed E-state index contributed by atoms with van der Waals surface area (Å²) in [6.07, 6.45) is 4.16. The standard InChI is InChI=1S/C22H35N5O.HI/c1-4-23-21(24-18-22(12-8-9-13-22)20(28)25(2)3)27-16-14-26(15-17-27)19-10-6-5-7-11-19;/h5-7,10-11H,4,8-9,12-18H2,1-3H3,(H,23,24);1H. The smallest absolute Gasteiger partial charge is 0.230 e. The lowest BCUT2D eigenvalue weighted by molar-refractivity contribution is -0.138. The highest BCUT2D eigenvalue weighted by Gasteiger charge is 2.42. The van der Waals surface area contributed by atoms with Crippen molar-refractivity contribution in [2.45, 2.75) is 32.6 Å². The zero-order chi connectivity index (χ0) is 20.0. The number of para-hydroxylation sites is 1. The first-order chi connectivity index (χ1) is 13.6. The number of carbonyl (C=O) groups is 1. The number of carbonyl (C=O) groups excluding carboxylic acids is 1. The molecule has 2 aliphatic rings. The monoisotopic (exact) mass is 513 g/mol. The van der Waals surface area contributed by atoms with E-state index in [0.29, 0.717) is 6.54 Å². The first-order valence-electron chi connectivity index (χ1n) is 10.6. The minimum absolute atomic E-state index is 0. The van der Waals surface area contributed by atoms with Crippen molar-refractivity contribution >= 4 is 41.5 Å². The van der Waals surface area contributed by atoms with Crippen molar-refractivity contribution in [1.29, 1.82) is 0 Å². The number of hydrogen-bond donors (Lipinski definition) is 1. The van der Waals surface area contributed by atoms with Gasteiger partial charge in [0.05, 0.1) is 12.0 Å². The number of anilines is 1. The molecule has 162 valence electrons. The van der Waals surface area contributed by atoms with E-state index in [-0.39, 0.29) is 35.3 Å². The second kappa shape index (κ2) is 11.0. The van der Waals surface area contributed by atoms with Gasteiger partial charge in [0.1, 0.15) is 0 Å². The summed E-state index contributed by atoms with van der Waals surface area (Å²) in [5.41, 5.74) is 0.973. The van der Waals surface area contributed by atoms with Gasteiger partial charge in [-0.1, -0.05) is 31.0 Å². The summed E-state index contributed by atoms with van der Waals surface area (Å²) in [5.74, 6) is 1.19. The van der Waals surface area contributed by atoms with Crippen molar-refractivity contribution < 1.29 is 4.79 Å². The van der Waals surface area contributed by atoms with E-state index in [1.807, 2.05) is 14.1 Å². The fraction of sp³-hybridized carbons (Fsp3) is 0.636. The third-order valence-corrected chi connectivity index (χ3v) is 5.99. The van der Waals surface area contributed by atoms with E-state index in [1.54, 1.807) is 4.90 Å². The molecule has 1 aliphatic carbocycles. The van der Waals surface area contributed by atoms with Crippen molar-refractivity contribution in [3.8, 4) is 0 Å². The van der Waals surface area contributed by atoms with E-state index in [1.165, 1.54) is 5.69 Å². The summed E-state index contributed by atoms with van der Waals surface area (Å²) in [4.78, 5) is 24.3.